The van der Waals surface area contributed by atoms with Gasteiger partial charge in [-0.05, 0) is 66.7 Å². The van der Waals surface area contributed by atoms with Crippen LogP contribution in [0.5, 0.6) is 0 Å². The molecule has 29 heavy (non-hydrogen) atoms. The summed E-state index contributed by atoms with van der Waals surface area (Å²) in [6.07, 6.45) is 12.7. The van der Waals surface area contributed by atoms with Crippen molar-refractivity contribution in [3.8, 4) is 0 Å². The summed E-state index contributed by atoms with van der Waals surface area (Å²) >= 11 is 0. The summed E-state index contributed by atoms with van der Waals surface area (Å²) in [4.78, 5) is 10.3. The van der Waals surface area contributed by atoms with Crippen molar-refractivity contribution in [3.63, 3.8) is 0 Å². The molecule has 0 spiro atoms. The first-order chi connectivity index (χ1) is 14.1. The van der Waals surface area contributed by atoms with Crippen molar-refractivity contribution in [2.24, 2.45) is 11.1 Å². The predicted molar refractivity (Wildman–Crippen MR) is 123 cm³/mol. The Morgan fingerprint density at radius 1 is 1.14 bits per heavy atom. The van der Waals surface area contributed by atoms with Crippen molar-refractivity contribution >= 4 is 0 Å². The van der Waals surface area contributed by atoms with E-state index in [1.807, 2.05) is 0 Å². The van der Waals surface area contributed by atoms with Gasteiger partial charge >= 0.3 is 0 Å². The van der Waals surface area contributed by atoms with Crippen LogP contribution in [0.2, 0.25) is 0 Å². The topological polar surface area (TPSA) is 49.7 Å². The molecule has 3 nitrogen and oxygen atoms in total. The number of benzene rings is 1. The molecule has 3 heteroatoms. The van der Waals surface area contributed by atoms with E-state index in [0.29, 0.717) is 17.5 Å². The molecule has 0 radical (unpaired) electrons. The largest absolute Gasteiger partial charge is 0.388 e. The Kier molecular flexibility index (Phi) is 10.3. The van der Waals surface area contributed by atoms with Gasteiger partial charge in [-0.25, -0.2) is 0 Å². The molecule has 1 aromatic carbocycles. The van der Waals surface area contributed by atoms with Crippen LogP contribution < -0.4 is 0 Å². The second kappa shape index (κ2) is 12.7. The number of hydrogen-bond acceptors (Lipinski definition) is 3. The molecule has 160 valence electrons. The third kappa shape index (κ3) is 7.54. The molecule has 1 aromatic rings. The number of hydrogen-bond donors (Lipinski definition) is 1. The van der Waals surface area contributed by atoms with Crippen molar-refractivity contribution in [3.05, 3.63) is 64.7 Å². The van der Waals surface area contributed by atoms with Crippen molar-refractivity contribution in [1.82, 2.24) is 0 Å². The molecule has 0 aliphatic heterocycles. The first-order valence-electron chi connectivity index (χ1n) is 11.5. The predicted octanol–water partition coefficient (Wildman–Crippen LogP) is 7.97. The number of nitroso groups, excluding NO2 is 1. The van der Waals surface area contributed by atoms with E-state index in [2.05, 4.69) is 49.5 Å². The molecule has 1 saturated carbocycles. The number of unbranched alkanes of at least 4 members (excludes halogenated alkanes) is 5. The molecule has 3 atom stereocenters. The molecule has 1 aliphatic carbocycles. The quantitative estimate of drug-likeness (QED) is 0.196. The summed E-state index contributed by atoms with van der Waals surface area (Å²) in [5, 5.41) is 13.3. The Bertz CT molecular complexity index is 649. The van der Waals surface area contributed by atoms with E-state index >= 15 is 0 Å². The summed E-state index contributed by atoms with van der Waals surface area (Å²) < 4.78 is 0. The third-order valence-corrected chi connectivity index (χ3v) is 6.48. The van der Waals surface area contributed by atoms with E-state index < -0.39 is 0 Å². The highest BCUT2D eigenvalue weighted by Gasteiger charge is 2.30. The lowest BCUT2D eigenvalue weighted by atomic mass is 9.83. The van der Waals surface area contributed by atoms with Gasteiger partial charge in [-0.2, -0.15) is 0 Å². The highest BCUT2D eigenvalue weighted by atomic mass is 16.3. The lowest BCUT2D eigenvalue weighted by Crippen LogP contribution is -2.08. The molecule has 0 amide bonds. The van der Waals surface area contributed by atoms with Crippen LogP contribution in [0.3, 0.4) is 0 Å². The van der Waals surface area contributed by atoms with E-state index in [4.69, 9.17) is 0 Å². The van der Waals surface area contributed by atoms with Crippen LogP contribution in [-0.4, -0.2) is 5.11 Å². The van der Waals surface area contributed by atoms with E-state index in [0.717, 1.165) is 44.1 Å². The van der Waals surface area contributed by atoms with Crippen LogP contribution >= 0.6 is 0 Å². The van der Waals surface area contributed by atoms with Gasteiger partial charge in [0, 0.05) is 0 Å². The number of nitrogens with zero attached hydrogens (tertiary/aromatic N) is 1. The first-order valence-corrected chi connectivity index (χ1v) is 11.5. The minimum atomic E-state index is -0.338. The summed E-state index contributed by atoms with van der Waals surface area (Å²) in [7, 11) is 0. The first kappa shape index (κ1) is 23.5. The Labute approximate surface area is 177 Å². The zero-order chi connectivity index (χ0) is 21.1. The number of rotatable bonds is 14. The Morgan fingerprint density at radius 2 is 1.86 bits per heavy atom. The van der Waals surface area contributed by atoms with Crippen molar-refractivity contribution in [2.75, 3.05) is 0 Å². The van der Waals surface area contributed by atoms with Crippen LogP contribution in [-0.2, 0) is 0 Å². The summed E-state index contributed by atoms with van der Waals surface area (Å²) in [6, 6.07) is 8.70. The third-order valence-electron chi connectivity index (χ3n) is 6.48. The van der Waals surface area contributed by atoms with Gasteiger partial charge in [-0.1, -0.05) is 88.4 Å². The fourth-order valence-corrected chi connectivity index (χ4v) is 4.63. The lowest BCUT2D eigenvalue weighted by molar-refractivity contribution is 0.163. The molecule has 1 unspecified atom stereocenters. The second-order valence-electron chi connectivity index (χ2n) is 8.70. The number of aliphatic hydroxyl groups excluding tert-OH is 1. The molecular formula is C26H39NO2. The fourth-order valence-electron chi connectivity index (χ4n) is 4.63. The van der Waals surface area contributed by atoms with E-state index in [9.17, 15) is 10.0 Å². The molecule has 1 aliphatic rings. The average Bonchev–Trinajstić information content (AvgIpc) is 3.10. The smallest absolute Gasteiger partial charge is 0.0790 e. The minimum Gasteiger partial charge on any atom is -0.388 e. The summed E-state index contributed by atoms with van der Waals surface area (Å²) in [5.74, 6) is 1.13. The molecule has 0 saturated heterocycles. The maximum atomic E-state index is 10.4. The summed E-state index contributed by atoms with van der Waals surface area (Å²) in [5.41, 5.74) is 4.31. The molecular weight excluding hydrogens is 358 g/mol. The molecule has 0 bridgehead atoms. The standard InChI is InChI=1S/C26H39NO2/c1-4-5-8-13-26(28)23-17-15-22(16-18-23)25-19-14-20(2)24(25)12-10-7-6-9-11-21(3)27-29/h15-18,24-26,28H,2-14,19H2,1H3/t24-,25?,26-/m0/s1. The van der Waals surface area contributed by atoms with Gasteiger partial charge < -0.3 is 5.11 Å². The zero-order valence-electron chi connectivity index (χ0n) is 18.2. The fraction of sp³-hybridized carbons (Fsp3) is 0.615. The number of aliphatic hydroxyl groups is 1. The van der Waals surface area contributed by atoms with E-state index in [-0.39, 0.29) is 6.10 Å². The van der Waals surface area contributed by atoms with Gasteiger partial charge in [-0.15, -0.1) is 4.91 Å². The van der Waals surface area contributed by atoms with Crippen molar-refractivity contribution in [2.45, 2.75) is 96.0 Å². The number of allylic oxidation sites excluding steroid dienone is 2. The van der Waals surface area contributed by atoms with Crippen molar-refractivity contribution in [1.29, 1.82) is 0 Å². The monoisotopic (exact) mass is 397 g/mol. The maximum absolute atomic E-state index is 10.4. The highest BCUT2D eigenvalue weighted by molar-refractivity contribution is 5.31. The SMILES string of the molecule is C=C(CCCCCC[C@H]1C(=C)CCC1c1ccc([C@@H](O)CCCCC)cc1)N=O. The van der Waals surface area contributed by atoms with Crippen LogP contribution in [0.1, 0.15) is 107 Å². The van der Waals surface area contributed by atoms with Crippen LogP contribution in [0.4, 0.5) is 0 Å². The van der Waals surface area contributed by atoms with Gasteiger partial charge in [0.1, 0.15) is 0 Å². The Balaban J connectivity index is 1.82. The summed E-state index contributed by atoms with van der Waals surface area (Å²) in [6.45, 7) is 10.2. The van der Waals surface area contributed by atoms with E-state index in [1.165, 1.54) is 49.7 Å². The molecule has 2 rings (SSSR count). The van der Waals surface area contributed by atoms with Gasteiger partial charge in [0.25, 0.3) is 0 Å². The van der Waals surface area contributed by atoms with Gasteiger partial charge in [0.2, 0.25) is 0 Å². The van der Waals surface area contributed by atoms with Crippen LogP contribution in [0.15, 0.2) is 53.9 Å². The second-order valence-corrected chi connectivity index (χ2v) is 8.70. The highest BCUT2D eigenvalue weighted by Crippen LogP contribution is 2.45. The Morgan fingerprint density at radius 3 is 2.55 bits per heavy atom. The minimum absolute atomic E-state index is 0.338. The van der Waals surface area contributed by atoms with Crippen LogP contribution in [0, 0.1) is 10.8 Å². The van der Waals surface area contributed by atoms with Gasteiger partial charge in [-0.3, -0.25) is 0 Å². The average molecular weight is 398 g/mol. The maximum Gasteiger partial charge on any atom is 0.0790 e. The molecule has 0 aromatic heterocycles. The molecule has 1 fully saturated rings. The Hall–Kier alpha value is -1.74. The van der Waals surface area contributed by atoms with Crippen molar-refractivity contribution < 1.29 is 5.11 Å². The van der Waals surface area contributed by atoms with Gasteiger partial charge in [0.05, 0.1) is 11.8 Å². The molecule has 0 heterocycles. The zero-order valence-corrected chi connectivity index (χ0v) is 18.2. The normalized spacial score (nSPS) is 20.0. The lowest BCUT2D eigenvalue weighted by Gasteiger charge is -2.22. The van der Waals surface area contributed by atoms with E-state index in [1.54, 1.807) is 0 Å². The van der Waals surface area contributed by atoms with Crippen LogP contribution in [0.25, 0.3) is 0 Å². The van der Waals surface area contributed by atoms with Gasteiger partial charge in [0.15, 0.2) is 0 Å². The molecule has 1 N–H and O–H groups in total.